The number of aromatic nitrogens is 1. The third kappa shape index (κ3) is 3.76. The highest BCUT2D eigenvalue weighted by Gasteiger charge is 2.49. The smallest absolute Gasteiger partial charge is 0.386 e. The summed E-state index contributed by atoms with van der Waals surface area (Å²) < 4.78 is 43.8. The zero-order valence-corrected chi connectivity index (χ0v) is 13.2. The lowest BCUT2D eigenvalue weighted by atomic mass is 10.0. The maximum absolute atomic E-state index is 12.9. The Labute approximate surface area is 129 Å². The molecule has 0 saturated carbocycles. The van der Waals surface area contributed by atoms with Gasteiger partial charge in [-0.2, -0.15) is 13.2 Å². The van der Waals surface area contributed by atoms with Crippen LogP contribution in [-0.2, 0) is 4.74 Å². The number of hydrogen-bond donors (Lipinski definition) is 1. The molecular weight excluding hydrogens is 321 g/mol. The standard InChI is InChI=1S/C13H17F3N2O3S/c1-7(19)10-17-4-8(22-10)11(20)18-5-9(13(14,15)16)21-12(2,3)6-18/h4,7,9,19H,5-6H2,1-3H3. The van der Waals surface area contributed by atoms with Gasteiger partial charge in [0.1, 0.15) is 16.0 Å². The van der Waals surface area contributed by atoms with Gasteiger partial charge in [-0.15, -0.1) is 11.3 Å². The Hall–Kier alpha value is -1.19. The third-order valence-corrected chi connectivity index (χ3v) is 4.32. The molecule has 0 aromatic carbocycles. The van der Waals surface area contributed by atoms with Crippen molar-refractivity contribution in [1.29, 1.82) is 0 Å². The molecule has 1 aromatic heterocycles. The lowest BCUT2D eigenvalue weighted by molar-refractivity contribution is -0.267. The highest BCUT2D eigenvalue weighted by molar-refractivity contribution is 7.13. The van der Waals surface area contributed by atoms with Crippen LogP contribution in [0.2, 0.25) is 0 Å². The number of nitrogens with zero attached hydrogens (tertiary/aromatic N) is 2. The Kier molecular flexibility index (Phi) is 4.51. The number of amides is 1. The zero-order valence-electron chi connectivity index (χ0n) is 12.3. The summed E-state index contributed by atoms with van der Waals surface area (Å²) in [6.45, 7) is 4.04. The van der Waals surface area contributed by atoms with E-state index in [4.69, 9.17) is 4.74 Å². The highest BCUT2D eigenvalue weighted by atomic mass is 32.1. The van der Waals surface area contributed by atoms with Gasteiger partial charge in [0.15, 0.2) is 6.10 Å². The van der Waals surface area contributed by atoms with Crippen LogP contribution in [-0.4, -0.2) is 51.9 Å². The number of thiazole rings is 1. The van der Waals surface area contributed by atoms with E-state index in [1.54, 1.807) is 0 Å². The Morgan fingerprint density at radius 2 is 2.23 bits per heavy atom. The number of alkyl halides is 3. The first kappa shape index (κ1) is 17.2. The zero-order chi connectivity index (χ0) is 16.7. The van der Waals surface area contributed by atoms with Gasteiger partial charge in [-0.1, -0.05) is 0 Å². The van der Waals surface area contributed by atoms with E-state index in [2.05, 4.69) is 4.98 Å². The van der Waals surface area contributed by atoms with E-state index in [1.807, 2.05) is 0 Å². The minimum Gasteiger partial charge on any atom is -0.386 e. The molecule has 1 amide bonds. The summed E-state index contributed by atoms with van der Waals surface area (Å²) in [5.41, 5.74) is -1.09. The highest BCUT2D eigenvalue weighted by Crippen LogP contribution is 2.33. The van der Waals surface area contributed by atoms with E-state index in [-0.39, 0.29) is 11.4 Å². The number of carbonyl (C=O) groups is 1. The quantitative estimate of drug-likeness (QED) is 0.899. The molecule has 0 spiro atoms. The molecule has 1 aromatic rings. The minimum atomic E-state index is -4.53. The van der Waals surface area contributed by atoms with Gasteiger partial charge in [-0.25, -0.2) is 4.98 Å². The van der Waals surface area contributed by atoms with Gasteiger partial charge in [0.2, 0.25) is 0 Å². The SMILES string of the molecule is CC(O)c1ncc(C(=O)N2CC(C(F)(F)F)OC(C)(C)C2)s1. The van der Waals surface area contributed by atoms with Crippen molar-refractivity contribution in [3.63, 3.8) is 0 Å². The molecule has 1 N–H and O–H groups in total. The van der Waals surface area contributed by atoms with Crippen LogP contribution in [0.4, 0.5) is 13.2 Å². The predicted octanol–water partition coefficient (Wildman–Crippen LogP) is 2.38. The summed E-state index contributed by atoms with van der Waals surface area (Å²) >= 11 is 0.977. The summed E-state index contributed by atoms with van der Waals surface area (Å²) in [5, 5.41) is 9.77. The van der Waals surface area contributed by atoms with Crippen molar-refractivity contribution >= 4 is 17.2 Å². The van der Waals surface area contributed by atoms with Crippen molar-refractivity contribution in [2.24, 2.45) is 0 Å². The topological polar surface area (TPSA) is 62.7 Å². The Morgan fingerprint density at radius 3 is 2.73 bits per heavy atom. The lowest BCUT2D eigenvalue weighted by Gasteiger charge is -2.43. The molecular formula is C13H17F3N2O3S. The first-order chi connectivity index (χ1) is 9.99. The monoisotopic (exact) mass is 338 g/mol. The number of aliphatic hydroxyl groups excluding tert-OH is 1. The summed E-state index contributed by atoms with van der Waals surface area (Å²) in [5.74, 6) is -0.532. The first-order valence-electron chi connectivity index (χ1n) is 6.67. The Balaban J connectivity index is 2.20. The van der Waals surface area contributed by atoms with Gasteiger partial charge in [0.25, 0.3) is 5.91 Å². The Morgan fingerprint density at radius 1 is 1.59 bits per heavy atom. The molecule has 2 unspecified atom stereocenters. The minimum absolute atomic E-state index is 0.0559. The van der Waals surface area contributed by atoms with Crippen LogP contribution < -0.4 is 0 Å². The average molecular weight is 338 g/mol. The van der Waals surface area contributed by atoms with Crippen molar-refractivity contribution in [3.8, 4) is 0 Å². The van der Waals surface area contributed by atoms with E-state index < -0.39 is 36.4 Å². The van der Waals surface area contributed by atoms with Crippen LogP contribution in [0.15, 0.2) is 6.20 Å². The van der Waals surface area contributed by atoms with E-state index in [0.717, 1.165) is 16.2 Å². The van der Waals surface area contributed by atoms with Crippen molar-refractivity contribution in [1.82, 2.24) is 9.88 Å². The molecule has 1 fully saturated rings. The van der Waals surface area contributed by atoms with E-state index in [0.29, 0.717) is 5.01 Å². The predicted molar refractivity (Wildman–Crippen MR) is 73.7 cm³/mol. The molecule has 1 aliphatic rings. The molecule has 0 aliphatic carbocycles. The van der Waals surface area contributed by atoms with Crippen molar-refractivity contribution in [2.45, 2.75) is 44.8 Å². The summed E-state index contributed by atoms with van der Waals surface area (Å²) in [7, 11) is 0. The molecule has 1 aliphatic heterocycles. The van der Waals surface area contributed by atoms with Crippen molar-refractivity contribution < 1.29 is 27.8 Å². The normalized spacial score (nSPS) is 23.4. The van der Waals surface area contributed by atoms with Gasteiger partial charge >= 0.3 is 6.18 Å². The molecule has 22 heavy (non-hydrogen) atoms. The van der Waals surface area contributed by atoms with Crippen LogP contribution >= 0.6 is 11.3 Å². The number of morpholine rings is 1. The second kappa shape index (κ2) is 5.78. The van der Waals surface area contributed by atoms with E-state index >= 15 is 0 Å². The number of carbonyl (C=O) groups excluding carboxylic acids is 1. The second-order valence-electron chi connectivity index (χ2n) is 5.83. The van der Waals surface area contributed by atoms with Gasteiger partial charge in [-0.3, -0.25) is 4.79 Å². The molecule has 0 radical (unpaired) electrons. The largest absolute Gasteiger partial charge is 0.416 e. The molecule has 5 nitrogen and oxygen atoms in total. The van der Waals surface area contributed by atoms with Crippen LogP contribution in [0.25, 0.3) is 0 Å². The number of rotatable bonds is 2. The van der Waals surface area contributed by atoms with E-state index in [9.17, 15) is 23.1 Å². The molecule has 2 atom stereocenters. The fourth-order valence-corrected chi connectivity index (χ4v) is 3.07. The van der Waals surface area contributed by atoms with Crippen molar-refractivity contribution in [2.75, 3.05) is 13.1 Å². The molecule has 0 bridgehead atoms. The first-order valence-corrected chi connectivity index (χ1v) is 7.49. The average Bonchev–Trinajstić information content (AvgIpc) is 2.84. The second-order valence-corrected chi connectivity index (χ2v) is 6.89. The molecule has 9 heteroatoms. The van der Waals surface area contributed by atoms with Crippen molar-refractivity contribution in [3.05, 3.63) is 16.1 Å². The number of ether oxygens (including phenoxy) is 1. The maximum Gasteiger partial charge on any atom is 0.416 e. The van der Waals surface area contributed by atoms with Crippen LogP contribution in [0.1, 0.15) is 41.6 Å². The number of halogens is 3. The van der Waals surface area contributed by atoms with E-state index in [1.165, 1.54) is 27.0 Å². The summed E-state index contributed by atoms with van der Waals surface area (Å²) in [6, 6.07) is 0. The molecule has 2 rings (SSSR count). The molecule has 1 saturated heterocycles. The Bertz CT molecular complexity index is 557. The van der Waals surface area contributed by atoms with Gasteiger partial charge in [0, 0.05) is 6.54 Å². The fourth-order valence-electron chi connectivity index (χ4n) is 2.24. The maximum atomic E-state index is 12.9. The van der Waals surface area contributed by atoms with Crippen LogP contribution in [0.5, 0.6) is 0 Å². The lowest BCUT2D eigenvalue weighted by Crippen LogP contribution is -2.58. The van der Waals surface area contributed by atoms with Gasteiger partial charge in [-0.05, 0) is 20.8 Å². The number of aliphatic hydroxyl groups is 1. The molecule has 2 heterocycles. The summed E-state index contributed by atoms with van der Waals surface area (Å²) in [4.78, 5) is 17.6. The third-order valence-electron chi connectivity index (χ3n) is 3.16. The van der Waals surface area contributed by atoms with Gasteiger partial charge in [0.05, 0.1) is 18.3 Å². The van der Waals surface area contributed by atoms with Crippen LogP contribution in [0, 0.1) is 0 Å². The van der Waals surface area contributed by atoms with Crippen LogP contribution in [0.3, 0.4) is 0 Å². The summed E-state index contributed by atoms with van der Waals surface area (Å²) in [6.07, 6.45) is -6.09. The molecule has 124 valence electrons. The van der Waals surface area contributed by atoms with Gasteiger partial charge < -0.3 is 14.7 Å². The number of hydrogen-bond acceptors (Lipinski definition) is 5. The fraction of sp³-hybridized carbons (Fsp3) is 0.692.